The summed E-state index contributed by atoms with van der Waals surface area (Å²) in [5, 5.41) is 6.89. The second-order valence-electron chi connectivity index (χ2n) is 5.79. The summed E-state index contributed by atoms with van der Waals surface area (Å²) in [7, 11) is 0. The maximum absolute atomic E-state index is 12.3. The molecule has 0 aliphatic carbocycles. The number of amides is 1. The molecule has 7 nitrogen and oxygen atoms in total. The predicted octanol–water partition coefficient (Wildman–Crippen LogP) is 1.04. The van der Waals surface area contributed by atoms with E-state index in [-0.39, 0.29) is 24.5 Å². The van der Waals surface area contributed by atoms with Gasteiger partial charge in [-0.3, -0.25) is 19.4 Å². The maximum Gasteiger partial charge on any atom is 0.290 e. The molecule has 2 aromatic heterocycles. The Morgan fingerprint density at radius 2 is 2.04 bits per heavy atom. The zero-order valence-corrected chi connectivity index (χ0v) is 13.8. The number of hydrogen-bond acceptors (Lipinski definition) is 4. The molecule has 25 heavy (non-hydrogen) atoms. The summed E-state index contributed by atoms with van der Waals surface area (Å²) in [6, 6.07) is 10.8. The van der Waals surface area contributed by atoms with Crippen LogP contribution < -0.4 is 5.56 Å². The van der Waals surface area contributed by atoms with Crippen molar-refractivity contribution < 1.29 is 14.7 Å². The second-order valence-corrected chi connectivity index (χ2v) is 5.79. The summed E-state index contributed by atoms with van der Waals surface area (Å²) in [6.45, 7) is 1.38. The lowest BCUT2D eigenvalue weighted by Crippen LogP contribution is -2.34. The van der Waals surface area contributed by atoms with Crippen molar-refractivity contribution in [1.29, 1.82) is 0 Å². The van der Waals surface area contributed by atoms with Crippen molar-refractivity contribution in [3.05, 3.63) is 64.8 Å². The van der Waals surface area contributed by atoms with Gasteiger partial charge in [-0.1, -0.05) is 12.1 Å². The van der Waals surface area contributed by atoms with E-state index in [1.807, 2.05) is 23.1 Å². The number of rotatable bonds is 4. The highest BCUT2D eigenvalue weighted by molar-refractivity contribution is 5.76. The number of carboxylic acid groups (broad SMARTS) is 1. The van der Waals surface area contributed by atoms with Gasteiger partial charge < -0.3 is 14.6 Å². The second kappa shape index (κ2) is 9.36. The molecular formula is C18H21N3O4. The van der Waals surface area contributed by atoms with Gasteiger partial charge in [0.1, 0.15) is 6.54 Å². The lowest BCUT2D eigenvalue weighted by Gasteiger charge is -2.17. The number of pyridine rings is 2. The number of aromatic nitrogens is 2. The first-order chi connectivity index (χ1) is 12.1. The molecule has 1 aliphatic rings. The van der Waals surface area contributed by atoms with E-state index >= 15 is 0 Å². The standard InChI is InChI=1S/C17H19N3O2.CH2O2/c21-16-6-2-4-9-19(16)13-17(22)20-10-7-14(12-20)11-15-5-1-3-8-18-15;2-1-3/h1-6,8-9,14H,7,10-13H2;1H,(H,2,3). The number of likely N-dealkylation sites (tertiary alicyclic amines) is 1. The van der Waals surface area contributed by atoms with E-state index in [2.05, 4.69) is 4.98 Å². The molecule has 0 aromatic carbocycles. The fourth-order valence-corrected chi connectivity index (χ4v) is 2.88. The third-order valence-corrected chi connectivity index (χ3v) is 4.07. The van der Waals surface area contributed by atoms with Crippen molar-refractivity contribution >= 4 is 12.4 Å². The van der Waals surface area contributed by atoms with Gasteiger partial charge in [0, 0.05) is 37.2 Å². The first-order valence-electron chi connectivity index (χ1n) is 8.05. The normalized spacial score (nSPS) is 16.0. The van der Waals surface area contributed by atoms with E-state index in [1.54, 1.807) is 24.5 Å². The van der Waals surface area contributed by atoms with Gasteiger partial charge in [0.05, 0.1) is 0 Å². The van der Waals surface area contributed by atoms with Gasteiger partial charge >= 0.3 is 0 Å². The van der Waals surface area contributed by atoms with Gasteiger partial charge in [-0.05, 0) is 37.0 Å². The molecule has 1 aliphatic heterocycles. The molecular weight excluding hydrogens is 322 g/mol. The minimum atomic E-state index is -0.250. The Kier molecular flexibility index (Phi) is 6.88. The summed E-state index contributed by atoms with van der Waals surface area (Å²) in [5.41, 5.74) is 0.932. The third kappa shape index (κ3) is 5.56. The summed E-state index contributed by atoms with van der Waals surface area (Å²) < 4.78 is 1.45. The quantitative estimate of drug-likeness (QED) is 0.837. The highest BCUT2D eigenvalue weighted by atomic mass is 16.3. The maximum atomic E-state index is 12.3. The first kappa shape index (κ1) is 18.4. The SMILES string of the molecule is O=C(Cn1ccccc1=O)N1CCC(Cc2ccccn2)C1.O=CO. The molecule has 0 bridgehead atoms. The zero-order chi connectivity index (χ0) is 18.1. The van der Waals surface area contributed by atoms with Crippen LogP contribution in [0.3, 0.4) is 0 Å². The van der Waals surface area contributed by atoms with Crippen LogP contribution in [0.4, 0.5) is 0 Å². The van der Waals surface area contributed by atoms with Gasteiger partial charge in [0.2, 0.25) is 5.91 Å². The number of carbonyl (C=O) groups excluding carboxylic acids is 1. The van der Waals surface area contributed by atoms with Crippen LogP contribution in [0.2, 0.25) is 0 Å². The molecule has 1 unspecified atom stereocenters. The molecule has 1 fully saturated rings. The Bertz CT molecular complexity index is 745. The largest absolute Gasteiger partial charge is 0.483 e. The smallest absolute Gasteiger partial charge is 0.290 e. The molecule has 0 spiro atoms. The van der Waals surface area contributed by atoms with Gasteiger partial charge in [0.25, 0.3) is 12.0 Å². The Morgan fingerprint density at radius 1 is 1.28 bits per heavy atom. The van der Waals surface area contributed by atoms with Crippen LogP contribution in [0.25, 0.3) is 0 Å². The zero-order valence-electron chi connectivity index (χ0n) is 13.8. The first-order valence-corrected chi connectivity index (χ1v) is 8.05. The Hall–Kier alpha value is -2.96. The van der Waals surface area contributed by atoms with E-state index in [1.165, 1.54) is 10.6 Å². The van der Waals surface area contributed by atoms with Crippen molar-refractivity contribution in [1.82, 2.24) is 14.5 Å². The number of carbonyl (C=O) groups is 2. The topological polar surface area (TPSA) is 92.5 Å². The van der Waals surface area contributed by atoms with Crippen LogP contribution in [-0.4, -0.2) is 45.0 Å². The molecule has 7 heteroatoms. The van der Waals surface area contributed by atoms with E-state index in [0.717, 1.165) is 31.6 Å². The Labute approximate surface area is 145 Å². The highest BCUT2D eigenvalue weighted by Crippen LogP contribution is 2.20. The van der Waals surface area contributed by atoms with Gasteiger partial charge in [0.15, 0.2) is 0 Å². The fraction of sp³-hybridized carbons (Fsp3) is 0.333. The van der Waals surface area contributed by atoms with Crippen molar-refractivity contribution in [2.75, 3.05) is 13.1 Å². The van der Waals surface area contributed by atoms with Crippen LogP contribution in [0.1, 0.15) is 12.1 Å². The Morgan fingerprint density at radius 3 is 2.72 bits per heavy atom. The monoisotopic (exact) mass is 343 g/mol. The molecule has 1 atom stereocenters. The van der Waals surface area contributed by atoms with Crippen LogP contribution in [0.15, 0.2) is 53.6 Å². The Balaban J connectivity index is 0.000000701. The summed E-state index contributed by atoms with van der Waals surface area (Å²) in [4.78, 5) is 38.5. The highest BCUT2D eigenvalue weighted by Gasteiger charge is 2.26. The predicted molar refractivity (Wildman–Crippen MR) is 92.0 cm³/mol. The molecule has 3 rings (SSSR count). The van der Waals surface area contributed by atoms with Crippen molar-refractivity contribution in [3.8, 4) is 0 Å². The lowest BCUT2D eigenvalue weighted by atomic mass is 10.0. The van der Waals surface area contributed by atoms with Crippen LogP contribution in [0, 0.1) is 5.92 Å². The van der Waals surface area contributed by atoms with E-state index in [0.29, 0.717) is 5.92 Å². The van der Waals surface area contributed by atoms with E-state index < -0.39 is 0 Å². The van der Waals surface area contributed by atoms with E-state index in [9.17, 15) is 9.59 Å². The van der Waals surface area contributed by atoms with Crippen molar-refractivity contribution in [3.63, 3.8) is 0 Å². The van der Waals surface area contributed by atoms with Crippen LogP contribution >= 0.6 is 0 Å². The van der Waals surface area contributed by atoms with Gasteiger partial charge in [-0.25, -0.2) is 0 Å². The number of nitrogens with zero attached hydrogens (tertiary/aromatic N) is 3. The lowest BCUT2D eigenvalue weighted by molar-refractivity contribution is -0.131. The summed E-state index contributed by atoms with van der Waals surface area (Å²) in [6.07, 6.45) is 5.35. The minimum Gasteiger partial charge on any atom is -0.483 e. The molecule has 1 N–H and O–H groups in total. The minimum absolute atomic E-state index is 0.0109. The summed E-state index contributed by atoms with van der Waals surface area (Å²) in [5.74, 6) is 0.461. The summed E-state index contributed by atoms with van der Waals surface area (Å²) >= 11 is 0. The van der Waals surface area contributed by atoms with Crippen molar-refractivity contribution in [2.45, 2.75) is 19.4 Å². The molecule has 1 saturated heterocycles. The van der Waals surface area contributed by atoms with Crippen LogP contribution in [-0.2, 0) is 22.6 Å². The van der Waals surface area contributed by atoms with Crippen LogP contribution in [0.5, 0.6) is 0 Å². The average Bonchev–Trinajstić information content (AvgIpc) is 3.07. The van der Waals surface area contributed by atoms with Gasteiger partial charge in [-0.15, -0.1) is 0 Å². The van der Waals surface area contributed by atoms with E-state index in [4.69, 9.17) is 9.90 Å². The van der Waals surface area contributed by atoms with Gasteiger partial charge in [-0.2, -0.15) is 0 Å². The number of hydrogen-bond donors (Lipinski definition) is 1. The average molecular weight is 343 g/mol. The molecule has 2 aromatic rings. The molecule has 0 saturated carbocycles. The molecule has 3 heterocycles. The molecule has 0 radical (unpaired) electrons. The fourth-order valence-electron chi connectivity index (χ4n) is 2.88. The molecule has 132 valence electrons. The van der Waals surface area contributed by atoms with Crippen molar-refractivity contribution in [2.24, 2.45) is 5.92 Å². The third-order valence-electron chi connectivity index (χ3n) is 4.07. The molecule has 1 amide bonds.